The monoisotopic (exact) mass is 273 g/mol. The van der Waals surface area contributed by atoms with Crippen molar-refractivity contribution < 1.29 is 4.39 Å². The van der Waals surface area contributed by atoms with Crippen LogP contribution in [0.1, 0.15) is 32.3 Å². The molecule has 0 radical (unpaired) electrons. The van der Waals surface area contributed by atoms with Gasteiger partial charge in [-0.3, -0.25) is 0 Å². The number of hydrogen-bond donors (Lipinski definition) is 1. The average molecular weight is 274 g/mol. The fourth-order valence-corrected chi connectivity index (χ4v) is 1.79. The first kappa shape index (κ1) is 12.7. The Bertz CT molecular complexity index is 325. The maximum absolute atomic E-state index is 13.5. The summed E-state index contributed by atoms with van der Waals surface area (Å²) < 4.78 is 14.4. The lowest BCUT2D eigenvalue weighted by Crippen LogP contribution is -2.27. The molecule has 1 aromatic carbocycles. The summed E-state index contributed by atoms with van der Waals surface area (Å²) in [5.41, 5.74) is 0.762. The van der Waals surface area contributed by atoms with Crippen LogP contribution in [0.15, 0.2) is 22.7 Å². The van der Waals surface area contributed by atoms with Gasteiger partial charge in [0.2, 0.25) is 0 Å². The van der Waals surface area contributed by atoms with Crippen LogP contribution in [0.4, 0.5) is 4.39 Å². The van der Waals surface area contributed by atoms with E-state index in [1.807, 2.05) is 13.0 Å². The molecule has 0 aliphatic carbocycles. The summed E-state index contributed by atoms with van der Waals surface area (Å²) in [4.78, 5) is 0. The Morgan fingerprint density at radius 1 is 1.33 bits per heavy atom. The molecule has 0 spiro atoms. The molecule has 0 aliphatic heterocycles. The van der Waals surface area contributed by atoms with Crippen LogP contribution < -0.4 is 5.32 Å². The number of halogens is 2. The molecule has 1 N–H and O–H groups in total. The molecule has 1 aromatic rings. The highest BCUT2D eigenvalue weighted by atomic mass is 79.9. The van der Waals surface area contributed by atoms with Crippen LogP contribution in [0.3, 0.4) is 0 Å². The van der Waals surface area contributed by atoms with Gasteiger partial charge in [0, 0.05) is 17.1 Å². The topological polar surface area (TPSA) is 12.0 Å². The van der Waals surface area contributed by atoms with Crippen LogP contribution in [-0.4, -0.2) is 12.6 Å². The molecule has 15 heavy (non-hydrogen) atoms. The summed E-state index contributed by atoms with van der Waals surface area (Å²) in [6, 6.07) is 5.51. The molecule has 0 saturated carbocycles. The van der Waals surface area contributed by atoms with Crippen LogP contribution in [-0.2, 0) is 0 Å². The van der Waals surface area contributed by atoms with Gasteiger partial charge in [0.1, 0.15) is 5.82 Å². The number of rotatable bonds is 4. The minimum Gasteiger partial charge on any atom is -0.314 e. The first-order chi connectivity index (χ1) is 7.00. The number of hydrogen-bond acceptors (Lipinski definition) is 1. The van der Waals surface area contributed by atoms with Gasteiger partial charge in [-0.25, -0.2) is 4.39 Å². The van der Waals surface area contributed by atoms with Gasteiger partial charge in [0.15, 0.2) is 0 Å². The molecule has 3 heteroatoms. The van der Waals surface area contributed by atoms with Crippen LogP contribution >= 0.6 is 15.9 Å². The first-order valence-electron chi connectivity index (χ1n) is 5.19. The van der Waals surface area contributed by atoms with Gasteiger partial charge < -0.3 is 5.32 Å². The van der Waals surface area contributed by atoms with E-state index < -0.39 is 0 Å². The van der Waals surface area contributed by atoms with Crippen molar-refractivity contribution in [1.82, 2.24) is 5.32 Å². The lowest BCUT2D eigenvalue weighted by Gasteiger charge is -2.16. The Balaban J connectivity index is 2.72. The fourth-order valence-electron chi connectivity index (χ4n) is 1.41. The SMILES string of the molecule is CC(C)NCC(C)c1cc(Br)ccc1F. The Morgan fingerprint density at radius 2 is 2.00 bits per heavy atom. The predicted octanol–water partition coefficient (Wildman–Crippen LogP) is 3.69. The Hall–Kier alpha value is -0.410. The minimum absolute atomic E-state index is 0.128. The Kier molecular flexibility index (Phi) is 4.74. The van der Waals surface area contributed by atoms with Gasteiger partial charge in [0.25, 0.3) is 0 Å². The molecule has 1 nitrogen and oxygen atoms in total. The summed E-state index contributed by atoms with van der Waals surface area (Å²) in [5, 5.41) is 3.31. The van der Waals surface area contributed by atoms with Crippen molar-refractivity contribution in [3.8, 4) is 0 Å². The molecule has 84 valence electrons. The van der Waals surface area contributed by atoms with Gasteiger partial charge >= 0.3 is 0 Å². The van der Waals surface area contributed by atoms with Gasteiger partial charge in [-0.1, -0.05) is 36.7 Å². The van der Waals surface area contributed by atoms with Gasteiger partial charge in [0.05, 0.1) is 0 Å². The van der Waals surface area contributed by atoms with E-state index in [1.165, 1.54) is 6.07 Å². The van der Waals surface area contributed by atoms with Crippen molar-refractivity contribution in [1.29, 1.82) is 0 Å². The van der Waals surface area contributed by atoms with Crippen molar-refractivity contribution in [2.45, 2.75) is 32.7 Å². The largest absolute Gasteiger partial charge is 0.314 e. The smallest absolute Gasteiger partial charge is 0.126 e. The molecular weight excluding hydrogens is 257 g/mol. The third kappa shape index (κ3) is 3.92. The highest BCUT2D eigenvalue weighted by Gasteiger charge is 2.11. The van der Waals surface area contributed by atoms with E-state index in [-0.39, 0.29) is 11.7 Å². The second-order valence-electron chi connectivity index (χ2n) is 4.13. The molecule has 1 rings (SSSR count). The zero-order valence-electron chi connectivity index (χ0n) is 9.35. The van der Waals surface area contributed by atoms with Crippen LogP contribution in [0.25, 0.3) is 0 Å². The van der Waals surface area contributed by atoms with E-state index in [4.69, 9.17) is 0 Å². The normalized spacial score (nSPS) is 13.2. The van der Waals surface area contributed by atoms with E-state index in [2.05, 4.69) is 35.1 Å². The van der Waals surface area contributed by atoms with Crippen LogP contribution in [0, 0.1) is 5.82 Å². The maximum Gasteiger partial charge on any atom is 0.126 e. The molecule has 1 unspecified atom stereocenters. The zero-order chi connectivity index (χ0) is 11.4. The molecule has 1 atom stereocenters. The zero-order valence-corrected chi connectivity index (χ0v) is 10.9. The highest BCUT2D eigenvalue weighted by molar-refractivity contribution is 9.10. The van der Waals surface area contributed by atoms with Crippen molar-refractivity contribution in [2.75, 3.05) is 6.54 Å². The molecular formula is C12H17BrFN. The fraction of sp³-hybridized carbons (Fsp3) is 0.500. The lowest BCUT2D eigenvalue weighted by molar-refractivity contribution is 0.526. The van der Waals surface area contributed by atoms with Crippen molar-refractivity contribution >= 4 is 15.9 Å². The standard InChI is InChI=1S/C12H17BrFN/c1-8(2)15-7-9(3)11-6-10(13)4-5-12(11)14/h4-6,8-9,15H,7H2,1-3H3. The lowest BCUT2D eigenvalue weighted by atomic mass is 10.0. The molecule has 0 saturated heterocycles. The molecule has 0 bridgehead atoms. The van der Waals surface area contributed by atoms with E-state index >= 15 is 0 Å². The minimum atomic E-state index is -0.128. The highest BCUT2D eigenvalue weighted by Crippen LogP contribution is 2.22. The van der Waals surface area contributed by atoms with E-state index in [9.17, 15) is 4.39 Å². The second kappa shape index (κ2) is 5.61. The summed E-state index contributed by atoms with van der Waals surface area (Å²) >= 11 is 3.36. The second-order valence-corrected chi connectivity index (χ2v) is 5.05. The van der Waals surface area contributed by atoms with Gasteiger partial charge in [-0.05, 0) is 29.7 Å². The van der Waals surface area contributed by atoms with Crippen molar-refractivity contribution in [3.63, 3.8) is 0 Å². The maximum atomic E-state index is 13.5. The summed E-state index contributed by atoms with van der Waals surface area (Å²) in [6.45, 7) is 7.00. The first-order valence-corrected chi connectivity index (χ1v) is 5.98. The quantitative estimate of drug-likeness (QED) is 0.883. The molecule has 0 aliphatic rings. The van der Waals surface area contributed by atoms with Crippen molar-refractivity contribution in [3.05, 3.63) is 34.1 Å². The third-order valence-corrected chi connectivity index (χ3v) is 2.81. The van der Waals surface area contributed by atoms with Crippen LogP contribution in [0.2, 0.25) is 0 Å². The summed E-state index contributed by atoms with van der Waals surface area (Å²) in [5.74, 6) is 0.0566. The van der Waals surface area contributed by atoms with Crippen molar-refractivity contribution in [2.24, 2.45) is 0 Å². The molecule has 0 amide bonds. The summed E-state index contributed by atoms with van der Waals surface area (Å²) in [6.07, 6.45) is 0. The third-order valence-electron chi connectivity index (χ3n) is 2.32. The van der Waals surface area contributed by atoms with Crippen LogP contribution in [0.5, 0.6) is 0 Å². The molecule has 0 heterocycles. The summed E-state index contributed by atoms with van der Waals surface area (Å²) in [7, 11) is 0. The Labute approximate surface area is 99.2 Å². The molecule has 0 aromatic heterocycles. The number of benzene rings is 1. The van der Waals surface area contributed by atoms with E-state index in [0.29, 0.717) is 6.04 Å². The van der Waals surface area contributed by atoms with E-state index in [0.717, 1.165) is 16.6 Å². The van der Waals surface area contributed by atoms with Gasteiger partial charge in [-0.2, -0.15) is 0 Å². The number of nitrogens with one attached hydrogen (secondary N) is 1. The predicted molar refractivity (Wildman–Crippen MR) is 65.7 cm³/mol. The average Bonchev–Trinajstić information content (AvgIpc) is 2.18. The Morgan fingerprint density at radius 3 is 2.60 bits per heavy atom. The molecule has 0 fully saturated rings. The van der Waals surface area contributed by atoms with E-state index in [1.54, 1.807) is 6.07 Å². The van der Waals surface area contributed by atoms with Gasteiger partial charge in [-0.15, -0.1) is 0 Å².